The summed E-state index contributed by atoms with van der Waals surface area (Å²) in [5.41, 5.74) is 0.554. The van der Waals surface area contributed by atoms with Crippen molar-refractivity contribution in [3.05, 3.63) is 44.4 Å². The van der Waals surface area contributed by atoms with Gasteiger partial charge in [-0.3, -0.25) is 4.79 Å². The average molecular weight is 345 g/mol. The van der Waals surface area contributed by atoms with Crippen LogP contribution in [0.25, 0.3) is 0 Å². The monoisotopic (exact) mass is 344 g/mol. The van der Waals surface area contributed by atoms with E-state index in [-0.39, 0.29) is 11.7 Å². The van der Waals surface area contributed by atoms with Crippen LogP contribution >= 0.6 is 35.0 Å². The lowest BCUT2D eigenvalue weighted by Gasteiger charge is -2.06. The van der Waals surface area contributed by atoms with Gasteiger partial charge < -0.3 is 5.32 Å². The fraction of sp³-hybridized carbons (Fsp3) is 0.167. The highest BCUT2D eigenvalue weighted by Gasteiger charge is 2.09. The summed E-state index contributed by atoms with van der Waals surface area (Å²) >= 11 is 12.8. The van der Waals surface area contributed by atoms with Crippen LogP contribution in [0.4, 0.5) is 5.69 Å². The molecule has 21 heavy (non-hydrogen) atoms. The number of rotatable bonds is 4. The van der Waals surface area contributed by atoms with Gasteiger partial charge in [-0.1, -0.05) is 35.0 Å². The number of H-pyrrole nitrogens is 1. The number of halogens is 2. The zero-order chi connectivity index (χ0) is 15.4. The molecular formula is C12H10Cl2N4O2S. The number of aromatic nitrogens is 3. The summed E-state index contributed by atoms with van der Waals surface area (Å²) in [6, 6.07) is 4.80. The predicted molar refractivity (Wildman–Crippen MR) is 83.2 cm³/mol. The van der Waals surface area contributed by atoms with Crippen LogP contribution in [0.2, 0.25) is 10.0 Å². The van der Waals surface area contributed by atoms with Crippen molar-refractivity contribution in [2.75, 3.05) is 11.1 Å². The molecule has 9 heteroatoms. The van der Waals surface area contributed by atoms with Crippen molar-refractivity contribution < 1.29 is 4.79 Å². The molecule has 0 saturated carbocycles. The van der Waals surface area contributed by atoms with Gasteiger partial charge in [-0.25, -0.2) is 9.89 Å². The van der Waals surface area contributed by atoms with Crippen LogP contribution in [-0.2, 0) is 4.79 Å². The van der Waals surface area contributed by atoms with E-state index in [0.29, 0.717) is 26.5 Å². The smallest absolute Gasteiger partial charge is 0.325 e. The number of carbonyl (C=O) groups excluding carboxylic acids is 1. The van der Waals surface area contributed by atoms with Gasteiger partial charge in [0, 0.05) is 5.69 Å². The fourth-order valence-corrected chi connectivity index (χ4v) is 2.46. The quantitative estimate of drug-likeness (QED) is 0.832. The number of nitrogens with one attached hydrogen (secondary N) is 2. The zero-order valence-electron chi connectivity index (χ0n) is 10.8. The van der Waals surface area contributed by atoms with Gasteiger partial charge in [0.15, 0.2) is 0 Å². The Bertz CT molecular complexity index is 735. The third-order valence-corrected chi connectivity index (χ3v) is 4.18. The molecule has 0 aliphatic rings. The molecule has 0 radical (unpaired) electrons. The first-order chi connectivity index (χ1) is 9.95. The molecule has 0 aliphatic carbocycles. The van der Waals surface area contributed by atoms with Gasteiger partial charge in [0.1, 0.15) is 5.03 Å². The molecule has 1 aromatic heterocycles. The van der Waals surface area contributed by atoms with Crippen LogP contribution in [0, 0.1) is 6.92 Å². The van der Waals surface area contributed by atoms with E-state index in [2.05, 4.69) is 20.5 Å². The Kier molecular flexibility index (Phi) is 5.22. The van der Waals surface area contributed by atoms with Crippen LogP contribution in [0.15, 0.2) is 28.0 Å². The van der Waals surface area contributed by atoms with E-state index in [4.69, 9.17) is 23.2 Å². The molecule has 0 spiro atoms. The second kappa shape index (κ2) is 6.93. The third-order valence-electron chi connectivity index (χ3n) is 2.38. The standard InChI is InChI=1S/C12H10Cl2N4O2S/c1-6-11(16-12(20)18-17-6)21-5-10(19)15-7-2-3-8(13)9(14)4-7/h2-4H,5H2,1H3,(H,15,19)(H,16,18,20). The van der Waals surface area contributed by atoms with Gasteiger partial charge in [-0.15, -0.1) is 0 Å². The Hall–Kier alpha value is -1.57. The first-order valence-corrected chi connectivity index (χ1v) is 7.51. The van der Waals surface area contributed by atoms with Crippen molar-refractivity contribution in [1.29, 1.82) is 0 Å². The SMILES string of the molecule is Cc1n[nH]c(=O)nc1SCC(=O)Nc1ccc(Cl)c(Cl)c1. The van der Waals surface area contributed by atoms with Gasteiger partial charge >= 0.3 is 5.69 Å². The summed E-state index contributed by atoms with van der Waals surface area (Å²) in [6.45, 7) is 1.70. The van der Waals surface area contributed by atoms with Crippen molar-refractivity contribution in [2.45, 2.75) is 11.9 Å². The van der Waals surface area contributed by atoms with Gasteiger partial charge in [0.25, 0.3) is 0 Å². The number of aryl methyl sites for hydroxylation is 1. The number of thioether (sulfide) groups is 1. The highest BCUT2D eigenvalue weighted by Crippen LogP contribution is 2.25. The molecule has 0 saturated heterocycles. The lowest BCUT2D eigenvalue weighted by atomic mass is 10.3. The lowest BCUT2D eigenvalue weighted by Crippen LogP contribution is -2.17. The first kappa shape index (κ1) is 15.8. The molecule has 1 amide bonds. The van der Waals surface area contributed by atoms with Crippen molar-refractivity contribution in [1.82, 2.24) is 15.2 Å². The van der Waals surface area contributed by atoms with E-state index < -0.39 is 5.69 Å². The van der Waals surface area contributed by atoms with Gasteiger partial charge in [0.2, 0.25) is 5.91 Å². The lowest BCUT2D eigenvalue weighted by molar-refractivity contribution is -0.113. The minimum Gasteiger partial charge on any atom is -0.325 e. The number of carbonyl (C=O) groups is 1. The van der Waals surface area contributed by atoms with E-state index in [9.17, 15) is 9.59 Å². The second-order valence-electron chi connectivity index (χ2n) is 4.00. The molecular weight excluding hydrogens is 335 g/mol. The number of hydrogen-bond donors (Lipinski definition) is 2. The molecule has 0 atom stereocenters. The fourth-order valence-electron chi connectivity index (χ4n) is 1.42. The van der Waals surface area contributed by atoms with Gasteiger partial charge in [-0.2, -0.15) is 10.1 Å². The maximum atomic E-state index is 11.8. The van der Waals surface area contributed by atoms with Crippen molar-refractivity contribution in [3.8, 4) is 0 Å². The Labute approximate surface area is 134 Å². The molecule has 0 bridgehead atoms. The van der Waals surface area contributed by atoms with Crippen molar-refractivity contribution in [2.24, 2.45) is 0 Å². The Balaban J connectivity index is 1.97. The first-order valence-electron chi connectivity index (χ1n) is 5.77. The third kappa shape index (κ3) is 4.45. The van der Waals surface area contributed by atoms with Crippen LogP contribution in [0.1, 0.15) is 5.69 Å². The van der Waals surface area contributed by atoms with Crippen LogP contribution in [0.3, 0.4) is 0 Å². The highest BCUT2D eigenvalue weighted by molar-refractivity contribution is 8.00. The normalized spacial score (nSPS) is 10.4. The molecule has 2 rings (SSSR count). The number of nitrogens with zero attached hydrogens (tertiary/aromatic N) is 2. The Morgan fingerprint density at radius 2 is 2.14 bits per heavy atom. The highest BCUT2D eigenvalue weighted by atomic mass is 35.5. The van der Waals surface area contributed by atoms with E-state index in [0.717, 1.165) is 11.8 Å². The van der Waals surface area contributed by atoms with Gasteiger partial charge in [0.05, 0.1) is 21.5 Å². The van der Waals surface area contributed by atoms with Crippen LogP contribution in [-0.4, -0.2) is 26.8 Å². The zero-order valence-corrected chi connectivity index (χ0v) is 13.1. The van der Waals surface area contributed by atoms with E-state index in [1.54, 1.807) is 25.1 Å². The maximum Gasteiger partial charge on any atom is 0.362 e. The summed E-state index contributed by atoms with van der Waals surface area (Å²) in [7, 11) is 0. The number of benzene rings is 1. The molecule has 110 valence electrons. The largest absolute Gasteiger partial charge is 0.362 e. The summed E-state index contributed by atoms with van der Waals surface area (Å²) in [4.78, 5) is 26.7. The number of anilines is 1. The van der Waals surface area contributed by atoms with Crippen molar-refractivity contribution >= 4 is 46.6 Å². The predicted octanol–water partition coefficient (Wildman–Crippen LogP) is 2.51. The molecule has 0 unspecified atom stereocenters. The van der Waals surface area contributed by atoms with E-state index in [1.165, 1.54) is 0 Å². The van der Waals surface area contributed by atoms with Gasteiger partial charge in [-0.05, 0) is 25.1 Å². The second-order valence-corrected chi connectivity index (χ2v) is 5.78. The molecule has 0 fully saturated rings. The summed E-state index contributed by atoms with van der Waals surface area (Å²) in [6.07, 6.45) is 0. The Morgan fingerprint density at radius 3 is 2.86 bits per heavy atom. The molecule has 1 aromatic carbocycles. The average Bonchev–Trinajstić information content (AvgIpc) is 2.44. The number of hydrogen-bond acceptors (Lipinski definition) is 5. The molecule has 0 aliphatic heterocycles. The van der Waals surface area contributed by atoms with E-state index >= 15 is 0 Å². The Morgan fingerprint density at radius 1 is 1.38 bits per heavy atom. The topological polar surface area (TPSA) is 87.7 Å². The summed E-state index contributed by atoms with van der Waals surface area (Å²) in [5, 5.41) is 9.87. The maximum absolute atomic E-state index is 11.8. The van der Waals surface area contributed by atoms with Crippen LogP contribution in [0.5, 0.6) is 0 Å². The molecule has 6 nitrogen and oxygen atoms in total. The minimum absolute atomic E-state index is 0.0964. The summed E-state index contributed by atoms with van der Waals surface area (Å²) in [5.74, 6) is -0.154. The van der Waals surface area contributed by atoms with Crippen molar-refractivity contribution in [3.63, 3.8) is 0 Å². The minimum atomic E-state index is -0.548. The molecule has 1 heterocycles. The number of aromatic amines is 1. The molecule has 2 N–H and O–H groups in total. The number of amides is 1. The summed E-state index contributed by atoms with van der Waals surface area (Å²) < 4.78 is 0. The van der Waals surface area contributed by atoms with Crippen LogP contribution < -0.4 is 11.0 Å². The molecule has 2 aromatic rings. The van der Waals surface area contributed by atoms with E-state index in [1.807, 2.05) is 0 Å².